The highest BCUT2D eigenvalue weighted by atomic mass is 32.2. The predicted molar refractivity (Wildman–Crippen MR) is 66.4 cm³/mol. The van der Waals surface area contributed by atoms with Crippen LogP contribution in [0.2, 0.25) is 0 Å². The second-order valence-electron chi connectivity index (χ2n) is 3.69. The zero-order valence-electron chi connectivity index (χ0n) is 10.7. The van der Waals surface area contributed by atoms with Crippen molar-refractivity contribution in [3.05, 3.63) is 11.7 Å². The molecule has 0 bridgehead atoms. The summed E-state index contributed by atoms with van der Waals surface area (Å²) >= 11 is 0. The van der Waals surface area contributed by atoms with E-state index in [9.17, 15) is 8.42 Å². The maximum Gasteiger partial charge on any atom is 0.275 e. The molecular formula is C11H23NO3S. The molecule has 0 aromatic heterocycles. The number of piperidine rings is 1. The minimum absolute atomic E-state index is 0.161. The summed E-state index contributed by atoms with van der Waals surface area (Å²) in [5.74, 6) is 0.420. The quantitative estimate of drug-likeness (QED) is 0.720. The van der Waals surface area contributed by atoms with Gasteiger partial charge in [0, 0.05) is 13.1 Å². The van der Waals surface area contributed by atoms with Gasteiger partial charge in [0.2, 0.25) is 5.09 Å². The second-order valence-corrected chi connectivity index (χ2v) is 5.61. The number of hydrogen-bond acceptors (Lipinski definition) is 3. The van der Waals surface area contributed by atoms with Crippen molar-refractivity contribution < 1.29 is 13.2 Å². The van der Waals surface area contributed by atoms with Crippen molar-refractivity contribution in [1.82, 2.24) is 4.31 Å². The Hall–Kier alpha value is -0.550. The van der Waals surface area contributed by atoms with E-state index in [-0.39, 0.29) is 5.09 Å². The van der Waals surface area contributed by atoms with E-state index < -0.39 is 10.0 Å². The lowest BCUT2D eigenvalue weighted by atomic mass is 10.0. The van der Waals surface area contributed by atoms with Crippen molar-refractivity contribution in [3.63, 3.8) is 0 Å². The molecule has 4 nitrogen and oxygen atoms in total. The van der Waals surface area contributed by atoms with Gasteiger partial charge in [-0.2, -0.15) is 4.31 Å². The van der Waals surface area contributed by atoms with Crippen LogP contribution in [0.25, 0.3) is 0 Å². The molecule has 16 heavy (non-hydrogen) atoms. The normalized spacial score (nSPS) is 21.9. The maximum atomic E-state index is 11.8. The van der Waals surface area contributed by atoms with Crippen LogP contribution in [0, 0.1) is 5.92 Å². The first-order chi connectivity index (χ1) is 7.48. The van der Waals surface area contributed by atoms with Crippen LogP contribution in [0.5, 0.6) is 0 Å². The fraction of sp³-hybridized carbons (Fsp3) is 0.818. The van der Waals surface area contributed by atoms with E-state index in [0.717, 1.165) is 12.8 Å². The van der Waals surface area contributed by atoms with Crippen molar-refractivity contribution in [2.75, 3.05) is 20.2 Å². The Kier molecular flexibility index (Phi) is 6.67. The highest BCUT2D eigenvalue weighted by molar-refractivity contribution is 7.92. The third kappa shape index (κ3) is 3.79. The summed E-state index contributed by atoms with van der Waals surface area (Å²) in [5.41, 5.74) is 0. The second kappa shape index (κ2) is 6.91. The van der Waals surface area contributed by atoms with Gasteiger partial charge in [0.05, 0.1) is 7.11 Å². The van der Waals surface area contributed by atoms with Crippen LogP contribution in [-0.4, -0.2) is 32.9 Å². The molecule has 1 rings (SSSR count). The summed E-state index contributed by atoms with van der Waals surface area (Å²) in [6, 6.07) is 0. The van der Waals surface area contributed by atoms with Gasteiger partial charge in [0.25, 0.3) is 10.0 Å². The summed E-state index contributed by atoms with van der Waals surface area (Å²) < 4.78 is 29.7. The molecule has 1 atom stereocenters. The van der Waals surface area contributed by atoms with Crippen LogP contribution in [0.3, 0.4) is 0 Å². The van der Waals surface area contributed by atoms with Crippen LogP contribution < -0.4 is 0 Å². The van der Waals surface area contributed by atoms with E-state index in [0.29, 0.717) is 19.0 Å². The number of nitrogens with zero attached hydrogens (tertiary/aromatic N) is 1. The first-order valence-corrected chi connectivity index (χ1v) is 7.15. The fourth-order valence-electron chi connectivity index (χ4n) is 1.61. The van der Waals surface area contributed by atoms with Crippen molar-refractivity contribution in [1.29, 1.82) is 0 Å². The van der Waals surface area contributed by atoms with Crippen molar-refractivity contribution >= 4 is 10.0 Å². The van der Waals surface area contributed by atoms with Crippen LogP contribution in [-0.2, 0) is 14.8 Å². The van der Waals surface area contributed by atoms with Gasteiger partial charge in [0.1, 0.15) is 0 Å². The van der Waals surface area contributed by atoms with Gasteiger partial charge in [-0.3, -0.25) is 0 Å². The molecule has 1 saturated heterocycles. The van der Waals surface area contributed by atoms with E-state index in [1.807, 2.05) is 13.8 Å². The average Bonchev–Trinajstić information content (AvgIpc) is 2.30. The molecular weight excluding hydrogens is 226 g/mol. The zero-order valence-corrected chi connectivity index (χ0v) is 11.5. The van der Waals surface area contributed by atoms with Gasteiger partial charge in [0.15, 0.2) is 0 Å². The van der Waals surface area contributed by atoms with E-state index in [4.69, 9.17) is 0 Å². The number of rotatable bonds is 3. The highest BCUT2D eigenvalue weighted by Crippen LogP contribution is 2.21. The minimum atomic E-state index is -3.43. The number of sulfonamides is 1. The summed E-state index contributed by atoms with van der Waals surface area (Å²) in [5, 5.41) is -0.161. The van der Waals surface area contributed by atoms with Gasteiger partial charge >= 0.3 is 0 Å². The molecule has 0 spiro atoms. The molecule has 1 fully saturated rings. The lowest BCUT2D eigenvalue weighted by Crippen LogP contribution is -2.39. The summed E-state index contributed by atoms with van der Waals surface area (Å²) in [6.45, 7) is 10.6. The molecule has 0 unspecified atom stereocenters. The summed E-state index contributed by atoms with van der Waals surface area (Å²) in [6.07, 6.45) is 2.00. The fourth-order valence-corrected chi connectivity index (χ4v) is 2.93. The molecule has 1 heterocycles. The van der Waals surface area contributed by atoms with Crippen LogP contribution in [0.1, 0.15) is 33.6 Å². The molecule has 0 radical (unpaired) electrons. The molecule has 1 aliphatic rings. The van der Waals surface area contributed by atoms with Gasteiger partial charge in [-0.1, -0.05) is 20.8 Å². The Morgan fingerprint density at radius 3 is 2.44 bits per heavy atom. The molecule has 96 valence electrons. The first-order valence-electron chi connectivity index (χ1n) is 5.71. The molecule has 0 aromatic carbocycles. The van der Waals surface area contributed by atoms with Crippen molar-refractivity contribution in [3.8, 4) is 0 Å². The lowest BCUT2D eigenvalue weighted by molar-refractivity contribution is 0.266. The van der Waals surface area contributed by atoms with Gasteiger partial charge in [-0.25, -0.2) is 8.42 Å². The number of hydrogen-bond donors (Lipinski definition) is 0. The van der Waals surface area contributed by atoms with Gasteiger partial charge in [-0.15, -0.1) is 0 Å². The Labute approximate surface area is 99.3 Å². The molecule has 0 aliphatic carbocycles. The summed E-state index contributed by atoms with van der Waals surface area (Å²) in [4.78, 5) is 0. The Balaban J connectivity index is 0.00000106. The van der Waals surface area contributed by atoms with E-state index in [2.05, 4.69) is 18.2 Å². The number of methoxy groups -OCH3 is 1. The molecule has 0 saturated carbocycles. The molecule has 0 N–H and O–H groups in total. The van der Waals surface area contributed by atoms with Gasteiger partial charge < -0.3 is 4.74 Å². The van der Waals surface area contributed by atoms with Crippen molar-refractivity contribution in [2.24, 2.45) is 5.92 Å². The molecule has 0 amide bonds. The Bertz CT molecular complexity index is 311. The Morgan fingerprint density at radius 1 is 1.44 bits per heavy atom. The van der Waals surface area contributed by atoms with Crippen molar-refractivity contribution in [2.45, 2.75) is 33.6 Å². The first kappa shape index (κ1) is 15.4. The van der Waals surface area contributed by atoms with Crippen LogP contribution >= 0.6 is 0 Å². The summed E-state index contributed by atoms with van der Waals surface area (Å²) in [7, 11) is -2.10. The van der Waals surface area contributed by atoms with E-state index in [1.165, 1.54) is 11.4 Å². The smallest absolute Gasteiger partial charge is 0.275 e. The molecule has 5 heteroatoms. The Morgan fingerprint density at radius 2 is 2.00 bits per heavy atom. The minimum Gasteiger partial charge on any atom is -0.486 e. The molecule has 0 aromatic rings. The predicted octanol–water partition coefficient (Wildman–Crippen LogP) is 2.19. The standard InChI is InChI=1S/C9H17NO3S.C2H6/c1-8-5-4-6-10(7-8)14(11,12)9(2)13-3;1-2/h8H,2,4-7H2,1,3H3;1-2H3/t8-;/m1./s1. The molecule has 1 aliphatic heterocycles. The highest BCUT2D eigenvalue weighted by Gasteiger charge is 2.29. The van der Waals surface area contributed by atoms with E-state index >= 15 is 0 Å². The number of ether oxygens (including phenoxy) is 1. The van der Waals surface area contributed by atoms with E-state index in [1.54, 1.807) is 0 Å². The third-order valence-corrected chi connectivity index (χ3v) is 4.23. The van der Waals surface area contributed by atoms with Crippen LogP contribution in [0.15, 0.2) is 11.7 Å². The van der Waals surface area contributed by atoms with Crippen LogP contribution in [0.4, 0.5) is 0 Å². The maximum absolute atomic E-state index is 11.8. The lowest BCUT2D eigenvalue weighted by Gasteiger charge is -2.29. The van der Waals surface area contributed by atoms with Gasteiger partial charge in [-0.05, 0) is 25.3 Å². The topological polar surface area (TPSA) is 46.6 Å². The zero-order chi connectivity index (χ0) is 12.8. The largest absolute Gasteiger partial charge is 0.486 e. The average molecular weight is 249 g/mol. The monoisotopic (exact) mass is 249 g/mol. The SMILES string of the molecule is C=C(OC)S(=O)(=O)N1CCC[C@@H](C)C1.CC. The third-order valence-electron chi connectivity index (χ3n) is 2.48.